The van der Waals surface area contributed by atoms with Crippen LogP contribution >= 0.6 is 46.4 Å². The first-order valence-corrected chi connectivity index (χ1v) is 15.1. The van der Waals surface area contributed by atoms with Crippen LogP contribution in [0.3, 0.4) is 0 Å². The summed E-state index contributed by atoms with van der Waals surface area (Å²) in [5.74, 6) is 1.29. The fourth-order valence-electron chi connectivity index (χ4n) is 5.63. The van der Waals surface area contributed by atoms with Crippen molar-refractivity contribution in [2.24, 2.45) is 11.8 Å². The molecule has 0 bridgehead atoms. The number of rotatable bonds is 8. The number of hydrogen-bond donors (Lipinski definition) is 2. The van der Waals surface area contributed by atoms with Gasteiger partial charge >= 0.3 is 0 Å². The molecule has 8 heteroatoms. The van der Waals surface area contributed by atoms with Gasteiger partial charge in [0.2, 0.25) is 11.8 Å². The third kappa shape index (κ3) is 9.56. The molecule has 0 saturated heterocycles. The van der Waals surface area contributed by atoms with Crippen molar-refractivity contribution in [3.05, 3.63) is 79.8 Å². The number of carbonyl (C=O) groups excluding carboxylic acids is 2. The van der Waals surface area contributed by atoms with Crippen LogP contribution in [0.4, 0.5) is 0 Å². The topological polar surface area (TPSA) is 58.2 Å². The molecule has 2 aliphatic carbocycles. The van der Waals surface area contributed by atoms with Crippen LogP contribution in [0, 0.1) is 11.8 Å². The van der Waals surface area contributed by atoms with E-state index in [0.717, 1.165) is 74.3 Å². The van der Waals surface area contributed by atoms with E-state index in [1.165, 1.54) is 6.42 Å². The number of amides is 2. The van der Waals surface area contributed by atoms with Crippen LogP contribution in [0.15, 0.2) is 48.6 Å². The third-order valence-corrected chi connectivity index (χ3v) is 9.27. The second-order valence-electron chi connectivity index (χ2n) is 10.7. The molecule has 2 aromatic carbocycles. The molecule has 4 nitrogen and oxygen atoms in total. The average Bonchev–Trinajstić information content (AvgIpc) is 2.92. The molecule has 208 valence electrons. The molecular weight excluding hydrogens is 574 g/mol. The lowest BCUT2D eigenvalue weighted by Crippen LogP contribution is -2.38. The maximum atomic E-state index is 12.4. The molecule has 2 N–H and O–H groups in total. The van der Waals surface area contributed by atoms with Crippen LogP contribution < -0.4 is 10.6 Å². The second kappa shape index (κ2) is 14.6. The van der Waals surface area contributed by atoms with E-state index < -0.39 is 0 Å². The molecule has 0 atom stereocenters. The Labute approximate surface area is 251 Å². The number of hydrogen-bond acceptors (Lipinski definition) is 2. The van der Waals surface area contributed by atoms with E-state index in [1.54, 1.807) is 48.6 Å². The Kier molecular flexibility index (Phi) is 11.2. The summed E-state index contributed by atoms with van der Waals surface area (Å²) in [6.07, 6.45) is 16.6. The summed E-state index contributed by atoms with van der Waals surface area (Å²) in [5.41, 5.74) is 1.69. The van der Waals surface area contributed by atoms with Gasteiger partial charge < -0.3 is 10.6 Å². The van der Waals surface area contributed by atoms with Crippen molar-refractivity contribution in [1.29, 1.82) is 0 Å². The highest BCUT2D eigenvalue weighted by molar-refractivity contribution is 6.42. The third-order valence-electron chi connectivity index (χ3n) is 7.79. The second-order valence-corrected chi connectivity index (χ2v) is 12.3. The average molecular weight is 608 g/mol. The molecule has 0 aromatic heterocycles. The molecule has 0 radical (unpaired) electrons. The highest BCUT2D eigenvalue weighted by Crippen LogP contribution is 2.35. The molecule has 0 unspecified atom stereocenters. The van der Waals surface area contributed by atoms with Gasteiger partial charge in [-0.2, -0.15) is 0 Å². The van der Waals surface area contributed by atoms with Crippen molar-refractivity contribution in [2.75, 3.05) is 0 Å². The predicted molar refractivity (Wildman–Crippen MR) is 163 cm³/mol. The van der Waals surface area contributed by atoms with Crippen LogP contribution in [-0.4, -0.2) is 23.9 Å². The van der Waals surface area contributed by atoms with Gasteiger partial charge in [0.05, 0.1) is 20.1 Å². The molecule has 2 aliphatic rings. The fourth-order valence-corrected chi connectivity index (χ4v) is 6.24. The van der Waals surface area contributed by atoms with E-state index >= 15 is 0 Å². The summed E-state index contributed by atoms with van der Waals surface area (Å²) >= 11 is 24.0. The maximum absolute atomic E-state index is 12.4. The Morgan fingerprint density at radius 3 is 1.36 bits per heavy atom. The minimum absolute atomic E-state index is 0.0725. The van der Waals surface area contributed by atoms with Gasteiger partial charge in [-0.25, -0.2) is 0 Å². The van der Waals surface area contributed by atoms with Gasteiger partial charge in [0.15, 0.2) is 0 Å². The Morgan fingerprint density at radius 2 is 1.00 bits per heavy atom. The highest BCUT2D eigenvalue weighted by Gasteiger charge is 2.27. The first-order chi connectivity index (χ1) is 18.7. The zero-order valence-corrected chi connectivity index (χ0v) is 24.8. The van der Waals surface area contributed by atoms with Crippen molar-refractivity contribution in [3.63, 3.8) is 0 Å². The van der Waals surface area contributed by atoms with E-state index in [9.17, 15) is 9.59 Å². The highest BCUT2D eigenvalue weighted by atomic mass is 35.5. The van der Waals surface area contributed by atoms with E-state index in [4.69, 9.17) is 46.4 Å². The van der Waals surface area contributed by atoms with E-state index in [2.05, 4.69) is 10.6 Å². The van der Waals surface area contributed by atoms with Gasteiger partial charge in [0, 0.05) is 24.2 Å². The smallest absolute Gasteiger partial charge is 0.244 e. The first kappa shape index (κ1) is 30.0. The number of benzene rings is 2. The Balaban J connectivity index is 1.11. The van der Waals surface area contributed by atoms with Crippen LogP contribution in [0.1, 0.15) is 68.9 Å². The zero-order valence-electron chi connectivity index (χ0n) is 21.8. The molecule has 0 spiro atoms. The molecule has 0 heterocycles. The summed E-state index contributed by atoms with van der Waals surface area (Å²) < 4.78 is 0. The lowest BCUT2D eigenvalue weighted by molar-refractivity contribution is -0.118. The monoisotopic (exact) mass is 606 g/mol. The number of carbonyl (C=O) groups is 2. The lowest BCUT2D eigenvalue weighted by Gasteiger charge is -2.34. The SMILES string of the molecule is O=C(C=Cc1ccc(Cl)c(Cl)c1)NC1CCC(CC2CCC(NC(=O)C=Cc3ccc(Cl)c(Cl)c3)CC2)CC1. The van der Waals surface area contributed by atoms with Crippen molar-refractivity contribution >= 4 is 70.4 Å². The minimum Gasteiger partial charge on any atom is -0.350 e. The van der Waals surface area contributed by atoms with Gasteiger partial charge in [0.25, 0.3) is 0 Å². The molecule has 2 saturated carbocycles. The quantitative estimate of drug-likeness (QED) is 0.295. The summed E-state index contributed by atoms with van der Waals surface area (Å²) in [7, 11) is 0. The molecule has 0 aliphatic heterocycles. The molecular formula is C31H34Cl4N2O2. The Morgan fingerprint density at radius 1 is 0.615 bits per heavy atom. The Hall–Kier alpha value is -1.98. The number of halogens is 4. The maximum Gasteiger partial charge on any atom is 0.244 e. The van der Waals surface area contributed by atoms with Gasteiger partial charge in [-0.05, 0) is 117 Å². The summed E-state index contributed by atoms with van der Waals surface area (Å²) in [4.78, 5) is 24.8. The van der Waals surface area contributed by atoms with Crippen LogP contribution in [0.25, 0.3) is 12.2 Å². The summed E-state index contributed by atoms with van der Waals surface area (Å²) in [6, 6.07) is 11.1. The molecule has 4 rings (SSSR count). The Bertz CT molecular complexity index is 1120. The minimum atomic E-state index is -0.0725. The zero-order chi connectivity index (χ0) is 27.8. The molecule has 39 heavy (non-hydrogen) atoms. The normalized spacial score (nSPS) is 23.7. The van der Waals surface area contributed by atoms with Crippen LogP contribution in [0.5, 0.6) is 0 Å². The van der Waals surface area contributed by atoms with E-state index in [1.807, 2.05) is 12.1 Å². The van der Waals surface area contributed by atoms with Gasteiger partial charge in [-0.15, -0.1) is 0 Å². The predicted octanol–water partition coefficient (Wildman–Crippen LogP) is 8.77. The number of nitrogens with one attached hydrogen (secondary N) is 2. The van der Waals surface area contributed by atoms with E-state index in [-0.39, 0.29) is 23.9 Å². The summed E-state index contributed by atoms with van der Waals surface area (Å²) in [6.45, 7) is 0. The van der Waals surface area contributed by atoms with Crippen LogP contribution in [0.2, 0.25) is 20.1 Å². The van der Waals surface area contributed by atoms with Gasteiger partial charge in [-0.1, -0.05) is 58.5 Å². The van der Waals surface area contributed by atoms with Crippen molar-refractivity contribution in [1.82, 2.24) is 10.6 Å². The van der Waals surface area contributed by atoms with Crippen molar-refractivity contribution in [3.8, 4) is 0 Å². The van der Waals surface area contributed by atoms with Crippen LogP contribution in [-0.2, 0) is 9.59 Å². The first-order valence-electron chi connectivity index (χ1n) is 13.6. The molecule has 2 amide bonds. The van der Waals surface area contributed by atoms with Crippen molar-refractivity contribution in [2.45, 2.75) is 69.9 Å². The van der Waals surface area contributed by atoms with E-state index in [0.29, 0.717) is 20.1 Å². The fraction of sp³-hybridized carbons (Fsp3) is 0.419. The lowest BCUT2D eigenvalue weighted by atomic mass is 9.75. The largest absolute Gasteiger partial charge is 0.350 e. The van der Waals surface area contributed by atoms with Crippen molar-refractivity contribution < 1.29 is 9.59 Å². The van der Waals surface area contributed by atoms with Gasteiger partial charge in [-0.3, -0.25) is 9.59 Å². The van der Waals surface area contributed by atoms with Gasteiger partial charge in [0.1, 0.15) is 0 Å². The molecule has 2 aromatic rings. The standard InChI is InChI=1S/C31H34Cl4N2O2/c32-26-13-5-22(18-28(26)34)7-15-30(38)36-24-9-1-20(2-10-24)17-21-3-11-25(12-4-21)37-31(39)16-8-23-6-14-27(33)29(35)19-23/h5-8,13-16,18-21,24-25H,1-4,9-12,17H2,(H,36,38)(H,37,39). The summed E-state index contributed by atoms with van der Waals surface area (Å²) in [5, 5.41) is 8.24. The molecule has 2 fully saturated rings.